The van der Waals surface area contributed by atoms with E-state index in [1.807, 2.05) is 6.92 Å². The highest BCUT2D eigenvalue weighted by Gasteiger charge is 2.32. The Morgan fingerprint density at radius 3 is 2.78 bits per heavy atom. The van der Waals surface area contributed by atoms with Gasteiger partial charge < -0.3 is 19.8 Å². The normalized spacial score (nSPS) is 18.5. The summed E-state index contributed by atoms with van der Waals surface area (Å²) in [4.78, 5) is 13.6. The van der Waals surface area contributed by atoms with Crippen LogP contribution in [0.1, 0.15) is 18.9 Å². The van der Waals surface area contributed by atoms with E-state index in [9.17, 15) is 4.79 Å². The number of β-amino-alcohol motifs (C(OH)–C–C–N with tert-alkyl or cyclic N) is 1. The molecule has 1 aliphatic rings. The summed E-state index contributed by atoms with van der Waals surface area (Å²) in [6.45, 7) is 1.97. The van der Waals surface area contributed by atoms with Gasteiger partial charge in [-0.3, -0.25) is 4.79 Å². The zero-order valence-electron chi connectivity index (χ0n) is 10.3. The van der Waals surface area contributed by atoms with E-state index in [0.29, 0.717) is 17.9 Å². The first-order valence-electron chi connectivity index (χ1n) is 6.04. The predicted octanol–water partition coefficient (Wildman–Crippen LogP) is 0.675. The number of nitrogens with zero attached hydrogens (tertiary/aromatic N) is 1. The van der Waals surface area contributed by atoms with Crippen LogP contribution in [-0.4, -0.2) is 35.4 Å². The minimum atomic E-state index is -0.516. The Morgan fingerprint density at radius 2 is 2.17 bits per heavy atom. The SMILES string of the molecule is CCC1Oc2cc(CO)ccc2N(CCO)C1=O. The molecule has 1 aromatic carbocycles. The summed E-state index contributed by atoms with van der Waals surface area (Å²) < 4.78 is 5.63. The molecule has 1 unspecified atom stereocenters. The van der Waals surface area contributed by atoms with E-state index in [1.165, 1.54) is 4.90 Å². The predicted molar refractivity (Wildman–Crippen MR) is 66.5 cm³/mol. The van der Waals surface area contributed by atoms with E-state index in [-0.39, 0.29) is 25.7 Å². The summed E-state index contributed by atoms with van der Waals surface area (Å²) in [5, 5.41) is 18.2. The fourth-order valence-electron chi connectivity index (χ4n) is 2.06. The lowest BCUT2D eigenvalue weighted by Crippen LogP contribution is -2.46. The minimum Gasteiger partial charge on any atom is -0.478 e. The number of aliphatic hydroxyl groups excluding tert-OH is 2. The third kappa shape index (κ3) is 2.19. The van der Waals surface area contributed by atoms with Crippen LogP contribution in [0.25, 0.3) is 0 Å². The number of carbonyl (C=O) groups excluding carboxylic acids is 1. The number of ether oxygens (including phenoxy) is 1. The molecule has 1 aromatic rings. The summed E-state index contributed by atoms with van der Waals surface area (Å²) >= 11 is 0. The maximum atomic E-state index is 12.1. The highest BCUT2D eigenvalue weighted by molar-refractivity contribution is 6.00. The van der Waals surface area contributed by atoms with E-state index >= 15 is 0 Å². The first kappa shape index (κ1) is 12.9. The number of hydrogen-bond donors (Lipinski definition) is 2. The van der Waals surface area contributed by atoms with Gasteiger partial charge in [0.15, 0.2) is 6.10 Å². The highest BCUT2D eigenvalue weighted by Crippen LogP contribution is 2.35. The van der Waals surface area contributed by atoms with Gasteiger partial charge in [-0.2, -0.15) is 0 Å². The number of carbonyl (C=O) groups is 1. The van der Waals surface area contributed by atoms with Crippen molar-refractivity contribution in [1.82, 2.24) is 0 Å². The second-order valence-corrected chi connectivity index (χ2v) is 4.19. The summed E-state index contributed by atoms with van der Waals surface area (Å²) in [6.07, 6.45) is 0.0572. The van der Waals surface area contributed by atoms with Crippen molar-refractivity contribution in [1.29, 1.82) is 0 Å². The molecular weight excluding hydrogens is 234 g/mol. The van der Waals surface area contributed by atoms with Crippen molar-refractivity contribution >= 4 is 11.6 Å². The molecule has 1 atom stereocenters. The lowest BCUT2D eigenvalue weighted by Gasteiger charge is -2.34. The van der Waals surface area contributed by atoms with E-state index in [0.717, 1.165) is 5.56 Å². The molecule has 0 spiro atoms. The largest absolute Gasteiger partial charge is 0.478 e. The third-order valence-electron chi connectivity index (χ3n) is 3.00. The van der Waals surface area contributed by atoms with Crippen LogP contribution >= 0.6 is 0 Å². The summed E-state index contributed by atoms with van der Waals surface area (Å²) in [7, 11) is 0. The Kier molecular flexibility index (Phi) is 3.84. The van der Waals surface area contributed by atoms with Crippen LogP contribution < -0.4 is 9.64 Å². The molecule has 98 valence electrons. The Balaban J connectivity index is 2.41. The van der Waals surface area contributed by atoms with Gasteiger partial charge in [0.2, 0.25) is 0 Å². The molecule has 2 N–H and O–H groups in total. The lowest BCUT2D eigenvalue weighted by molar-refractivity contribution is -0.126. The molecule has 5 nitrogen and oxygen atoms in total. The number of anilines is 1. The molecule has 0 saturated heterocycles. The van der Waals surface area contributed by atoms with Crippen LogP contribution in [0.15, 0.2) is 18.2 Å². The zero-order valence-corrected chi connectivity index (χ0v) is 10.3. The molecule has 5 heteroatoms. The van der Waals surface area contributed by atoms with Crippen molar-refractivity contribution in [3.05, 3.63) is 23.8 Å². The number of fused-ring (bicyclic) bond motifs is 1. The van der Waals surface area contributed by atoms with Crippen LogP contribution in [0.4, 0.5) is 5.69 Å². The molecule has 18 heavy (non-hydrogen) atoms. The second kappa shape index (κ2) is 5.37. The van der Waals surface area contributed by atoms with Crippen molar-refractivity contribution in [2.75, 3.05) is 18.1 Å². The number of aliphatic hydroxyl groups is 2. The van der Waals surface area contributed by atoms with Gasteiger partial charge >= 0.3 is 0 Å². The molecule has 0 fully saturated rings. The van der Waals surface area contributed by atoms with E-state index in [2.05, 4.69) is 0 Å². The van der Waals surface area contributed by atoms with E-state index < -0.39 is 6.10 Å². The van der Waals surface area contributed by atoms with Crippen molar-refractivity contribution in [3.63, 3.8) is 0 Å². The summed E-state index contributed by atoms with van der Waals surface area (Å²) in [6, 6.07) is 5.21. The van der Waals surface area contributed by atoms with Crippen LogP contribution in [0.3, 0.4) is 0 Å². The Hall–Kier alpha value is -1.59. The van der Waals surface area contributed by atoms with Gasteiger partial charge in [-0.1, -0.05) is 13.0 Å². The fraction of sp³-hybridized carbons (Fsp3) is 0.462. The molecule has 0 radical (unpaired) electrons. The summed E-state index contributed by atoms with van der Waals surface area (Å²) in [5.74, 6) is 0.456. The van der Waals surface area contributed by atoms with Gasteiger partial charge in [-0.15, -0.1) is 0 Å². The number of amides is 1. The standard InChI is InChI=1S/C13H17NO4/c1-2-11-13(17)14(5-6-15)10-4-3-9(8-16)7-12(10)18-11/h3-4,7,11,15-16H,2,5-6,8H2,1H3. The van der Waals surface area contributed by atoms with Crippen LogP contribution in [0.2, 0.25) is 0 Å². The molecule has 1 aliphatic heterocycles. The van der Waals surface area contributed by atoms with Crippen LogP contribution in [-0.2, 0) is 11.4 Å². The Morgan fingerprint density at radius 1 is 1.39 bits per heavy atom. The van der Waals surface area contributed by atoms with Crippen molar-refractivity contribution in [2.45, 2.75) is 26.1 Å². The quantitative estimate of drug-likeness (QED) is 0.825. The van der Waals surface area contributed by atoms with Gasteiger partial charge in [-0.25, -0.2) is 0 Å². The van der Waals surface area contributed by atoms with Crippen molar-refractivity contribution in [3.8, 4) is 5.75 Å². The second-order valence-electron chi connectivity index (χ2n) is 4.19. The van der Waals surface area contributed by atoms with Gasteiger partial charge in [0.05, 0.1) is 18.9 Å². The highest BCUT2D eigenvalue weighted by atomic mass is 16.5. The molecule has 0 saturated carbocycles. The molecule has 2 rings (SSSR count). The van der Waals surface area contributed by atoms with Crippen molar-refractivity contribution < 1.29 is 19.7 Å². The maximum Gasteiger partial charge on any atom is 0.268 e. The minimum absolute atomic E-state index is 0.0681. The van der Waals surface area contributed by atoms with Gasteiger partial charge in [-0.05, 0) is 24.1 Å². The van der Waals surface area contributed by atoms with Crippen LogP contribution in [0, 0.1) is 0 Å². The third-order valence-corrected chi connectivity index (χ3v) is 3.00. The average Bonchev–Trinajstić information content (AvgIpc) is 2.41. The summed E-state index contributed by atoms with van der Waals surface area (Å²) in [5.41, 5.74) is 1.39. The first-order chi connectivity index (χ1) is 8.71. The van der Waals surface area contributed by atoms with E-state index in [1.54, 1.807) is 18.2 Å². The van der Waals surface area contributed by atoms with Gasteiger partial charge in [0.1, 0.15) is 5.75 Å². The first-order valence-corrected chi connectivity index (χ1v) is 6.04. The molecule has 0 aliphatic carbocycles. The maximum absolute atomic E-state index is 12.1. The molecular formula is C13H17NO4. The number of hydrogen-bond acceptors (Lipinski definition) is 4. The molecule has 0 aromatic heterocycles. The van der Waals surface area contributed by atoms with Crippen molar-refractivity contribution in [2.24, 2.45) is 0 Å². The smallest absolute Gasteiger partial charge is 0.268 e. The van der Waals surface area contributed by atoms with Gasteiger partial charge in [0, 0.05) is 6.54 Å². The van der Waals surface area contributed by atoms with E-state index in [4.69, 9.17) is 14.9 Å². The number of benzene rings is 1. The van der Waals surface area contributed by atoms with Crippen LogP contribution in [0.5, 0.6) is 5.75 Å². The molecule has 1 amide bonds. The average molecular weight is 251 g/mol. The molecule has 1 heterocycles. The lowest BCUT2D eigenvalue weighted by atomic mass is 10.1. The molecule has 0 bridgehead atoms. The topological polar surface area (TPSA) is 70.0 Å². The number of rotatable bonds is 4. The van der Waals surface area contributed by atoms with Gasteiger partial charge in [0.25, 0.3) is 5.91 Å². The Bertz CT molecular complexity index is 447. The monoisotopic (exact) mass is 251 g/mol. The fourth-order valence-corrected chi connectivity index (χ4v) is 2.06. The zero-order chi connectivity index (χ0) is 13.1. The Labute approximate surface area is 106 Å².